The van der Waals surface area contributed by atoms with Crippen LogP contribution in [0.3, 0.4) is 0 Å². The van der Waals surface area contributed by atoms with Gasteiger partial charge in [-0.3, -0.25) is 0 Å². The maximum atomic E-state index is 9.30. The van der Waals surface area contributed by atoms with Crippen LogP contribution in [-0.2, 0) is 4.74 Å². The molecule has 0 spiro atoms. The van der Waals surface area contributed by atoms with Gasteiger partial charge in [-0.25, -0.2) is 9.97 Å². The number of aliphatic hydroxyl groups is 1. The Morgan fingerprint density at radius 3 is 3.00 bits per heavy atom. The van der Waals surface area contributed by atoms with Gasteiger partial charge in [0.05, 0.1) is 18.3 Å². The molecule has 2 rings (SSSR count). The average molecular weight is 272 g/mol. The number of morpholine rings is 1. The summed E-state index contributed by atoms with van der Waals surface area (Å²) in [5.41, 5.74) is 0.643. The van der Waals surface area contributed by atoms with Gasteiger partial charge in [0.25, 0.3) is 0 Å². The standard InChI is InChI=1S/C12H18ClN3O2/c1-8-4-14-11(13)15-10(8)16-5-9(6-17)18-12(2,3)7-16/h4,9,17H,5-7H2,1-3H3. The molecule has 1 aromatic heterocycles. The summed E-state index contributed by atoms with van der Waals surface area (Å²) >= 11 is 5.85. The molecular weight excluding hydrogens is 254 g/mol. The maximum Gasteiger partial charge on any atom is 0.224 e. The quantitative estimate of drug-likeness (QED) is 0.825. The fourth-order valence-electron chi connectivity index (χ4n) is 2.28. The molecule has 0 bridgehead atoms. The van der Waals surface area contributed by atoms with Gasteiger partial charge in [-0.15, -0.1) is 0 Å². The third-order valence-corrected chi connectivity index (χ3v) is 3.08. The Hall–Kier alpha value is -0.910. The number of aryl methyl sites for hydroxylation is 1. The Kier molecular flexibility index (Phi) is 3.75. The minimum atomic E-state index is -0.324. The molecule has 6 heteroatoms. The van der Waals surface area contributed by atoms with E-state index in [1.807, 2.05) is 20.8 Å². The number of anilines is 1. The van der Waals surface area contributed by atoms with Crippen LogP contribution < -0.4 is 4.90 Å². The van der Waals surface area contributed by atoms with Gasteiger partial charge in [0.1, 0.15) is 5.82 Å². The van der Waals surface area contributed by atoms with Crippen molar-refractivity contribution >= 4 is 17.4 Å². The Balaban J connectivity index is 2.29. The monoisotopic (exact) mass is 271 g/mol. The van der Waals surface area contributed by atoms with Crippen LogP contribution in [0.25, 0.3) is 0 Å². The van der Waals surface area contributed by atoms with Gasteiger partial charge in [0.15, 0.2) is 0 Å². The van der Waals surface area contributed by atoms with Gasteiger partial charge >= 0.3 is 0 Å². The van der Waals surface area contributed by atoms with E-state index in [1.54, 1.807) is 6.20 Å². The second kappa shape index (κ2) is 4.99. The molecule has 1 aromatic rings. The molecule has 1 aliphatic heterocycles. The molecule has 0 aliphatic carbocycles. The lowest BCUT2D eigenvalue weighted by Crippen LogP contribution is -2.54. The Morgan fingerprint density at radius 2 is 2.33 bits per heavy atom. The van der Waals surface area contributed by atoms with Crippen LogP contribution in [0.15, 0.2) is 6.20 Å². The van der Waals surface area contributed by atoms with Crippen LogP contribution in [0.2, 0.25) is 5.28 Å². The summed E-state index contributed by atoms with van der Waals surface area (Å²) in [6, 6.07) is 0. The molecule has 0 radical (unpaired) electrons. The molecule has 1 unspecified atom stereocenters. The average Bonchev–Trinajstić information content (AvgIpc) is 2.30. The fraction of sp³-hybridized carbons (Fsp3) is 0.667. The topological polar surface area (TPSA) is 58.5 Å². The second-order valence-corrected chi connectivity index (χ2v) is 5.55. The lowest BCUT2D eigenvalue weighted by Gasteiger charge is -2.43. The molecule has 0 saturated carbocycles. The number of ether oxygens (including phenoxy) is 1. The van der Waals surface area contributed by atoms with Gasteiger partial charge < -0.3 is 14.7 Å². The van der Waals surface area contributed by atoms with Crippen molar-refractivity contribution in [3.05, 3.63) is 17.0 Å². The van der Waals surface area contributed by atoms with Gasteiger partial charge in [-0.1, -0.05) is 0 Å². The van der Waals surface area contributed by atoms with Crippen molar-refractivity contribution < 1.29 is 9.84 Å². The molecule has 1 N–H and O–H groups in total. The Labute approximate surface area is 112 Å². The fourth-order valence-corrected chi connectivity index (χ4v) is 2.41. The molecule has 1 aliphatic rings. The molecule has 1 fully saturated rings. The second-order valence-electron chi connectivity index (χ2n) is 5.21. The van der Waals surface area contributed by atoms with E-state index in [1.165, 1.54) is 0 Å². The van der Waals surface area contributed by atoms with E-state index in [-0.39, 0.29) is 23.6 Å². The predicted octanol–water partition coefficient (Wildman–Crippen LogP) is 1.41. The van der Waals surface area contributed by atoms with E-state index in [0.717, 1.165) is 11.4 Å². The zero-order valence-electron chi connectivity index (χ0n) is 10.9. The minimum Gasteiger partial charge on any atom is -0.394 e. The Bertz CT molecular complexity index is 439. The zero-order chi connectivity index (χ0) is 13.3. The van der Waals surface area contributed by atoms with Crippen molar-refractivity contribution in [3.63, 3.8) is 0 Å². The van der Waals surface area contributed by atoms with Crippen molar-refractivity contribution in [3.8, 4) is 0 Å². The van der Waals surface area contributed by atoms with Crippen molar-refractivity contribution in [1.29, 1.82) is 0 Å². The number of aromatic nitrogens is 2. The summed E-state index contributed by atoms with van der Waals surface area (Å²) in [7, 11) is 0. The summed E-state index contributed by atoms with van der Waals surface area (Å²) in [4.78, 5) is 10.3. The predicted molar refractivity (Wildman–Crippen MR) is 70.0 cm³/mol. The smallest absolute Gasteiger partial charge is 0.224 e. The zero-order valence-corrected chi connectivity index (χ0v) is 11.6. The highest BCUT2D eigenvalue weighted by Crippen LogP contribution is 2.27. The molecule has 5 nitrogen and oxygen atoms in total. The third kappa shape index (κ3) is 2.91. The Morgan fingerprint density at radius 1 is 1.61 bits per heavy atom. The van der Waals surface area contributed by atoms with Crippen LogP contribution in [-0.4, -0.2) is 46.5 Å². The molecule has 18 heavy (non-hydrogen) atoms. The number of nitrogens with zero attached hydrogens (tertiary/aromatic N) is 3. The first-order valence-electron chi connectivity index (χ1n) is 5.94. The van der Waals surface area contributed by atoms with Gasteiger partial charge in [0, 0.05) is 24.8 Å². The summed E-state index contributed by atoms with van der Waals surface area (Å²) in [6.07, 6.45) is 1.50. The number of rotatable bonds is 2. The largest absolute Gasteiger partial charge is 0.394 e. The van der Waals surface area contributed by atoms with Crippen LogP contribution in [0.4, 0.5) is 5.82 Å². The highest BCUT2D eigenvalue weighted by atomic mass is 35.5. The molecule has 100 valence electrons. The summed E-state index contributed by atoms with van der Waals surface area (Å²) in [6.45, 7) is 7.26. The normalized spacial score (nSPS) is 23.2. The van der Waals surface area contributed by atoms with Crippen LogP contribution in [0, 0.1) is 6.92 Å². The third-order valence-electron chi connectivity index (χ3n) is 2.90. The summed E-state index contributed by atoms with van der Waals surface area (Å²) in [5.74, 6) is 0.810. The van der Waals surface area contributed by atoms with Crippen molar-refractivity contribution in [1.82, 2.24) is 9.97 Å². The number of hydrogen-bond donors (Lipinski definition) is 1. The first-order chi connectivity index (χ1) is 8.41. The van der Waals surface area contributed by atoms with Crippen LogP contribution in [0.5, 0.6) is 0 Å². The lowest BCUT2D eigenvalue weighted by molar-refractivity contribution is -0.101. The van der Waals surface area contributed by atoms with Crippen LogP contribution in [0.1, 0.15) is 19.4 Å². The first kappa shape index (κ1) is 13.5. The molecular formula is C12H18ClN3O2. The first-order valence-corrected chi connectivity index (χ1v) is 6.32. The maximum absolute atomic E-state index is 9.30. The molecule has 1 atom stereocenters. The number of aliphatic hydroxyl groups excluding tert-OH is 1. The van der Waals surface area contributed by atoms with Crippen molar-refractivity contribution in [2.75, 3.05) is 24.6 Å². The van der Waals surface area contributed by atoms with E-state index in [9.17, 15) is 5.11 Å². The van der Waals surface area contributed by atoms with E-state index < -0.39 is 0 Å². The number of halogens is 1. The van der Waals surface area contributed by atoms with Crippen LogP contribution >= 0.6 is 11.6 Å². The van der Waals surface area contributed by atoms with E-state index in [0.29, 0.717) is 13.1 Å². The highest BCUT2D eigenvalue weighted by Gasteiger charge is 2.34. The molecule has 1 saturated heterocycles. The number of hydrogen-bond acceptors (Lipinski definition) is 5. The van der Waals surface area contributed by atoms with Crippen molar-refractivity contribution in [2.45, 2.75) is 32.5 Å². The minimum absolute atomic E-state index is 0.00219. The summed E-state index contributed by atoms with van der Waals surface area (Å²) < 4.78 is 5.78. The molecule has 0 aromatic carbocycles. The van der Waals surface area contributed by atoms with E-state index in [2.05, 4.69) is 14.9 Å². The lowest BCUT2D eigenvalue weighted by atomic mass is 10.0. The van der Waals surface area contributed by atoms with E-state index in [4.69, 9.17) is 16.3 Å². The molecule has 2 heterocycles. The molecule has 0 amide bonds. The van der Waals surface area contributed by atoms with Gasteiger partial charge in [-0.2, -0.15) is 0 Å². The van der Waals surface area contributed by atoms with Gasteiger partial charge in [-0.05, 0) is 32.4 Å². The summed E-state index contributed by atoms with van der Waals surface area (Å²) in [5, 5.41) is 9.54. The van der Waals surface area contributed by atoms with E-state index >= 15 is 0 Å². The highest BCUT2D eigenvalue weighted by molar-refractivity contribution is 6.28. The SMILES string of the molecule is Cc1cnc(Cl)nc1N1CC(CO)OC(C)(C)C1. The van der Waals surface area contributed by atoms with Gasteiger partial charge in [0.2, 0.25) is 5.28 Å². The van der Waals surface area contributed by atoms with Crippen molar-refractivity contribution in [2.24, 2.45) is 0 Å².